The minimum atomic E-state index is -0.722. The van der Waals surface area contributed by atoms with E-state index in [1.807, 2.05) is 30.5 Å². The molecule has 43 heavy (non-hydrogen) atoms. The van der Waals surface area contributed by atoms with Crippen LogP contribution in [0.3, 0.4) is 0 Å². The summed E-state index contributed by atoms with van der Waals surface area (Å²) in [5.74, 6) is 3.98. The number of ether oxygens (including phenoxy) is 2. The van der Waals surface area contributed by atoms with Gasteiger partial charge in [-0.25, -0.2) is 15.6 Å². The Morgan fingerprint density at radius 3 is 2.40 bits per heavy atom. The van der Waals surface area contributed by atoms with E-state index >= 15 is 0 Å². The van der Waals surface area contributed by atoms with Crippen molar-refractivity contribution < 1.29 is 33.5 Å². The van der Waals surface area contributed by atoms with E-state index in [-0.39, 0.29) is 45.0 Å². The van der Waals surface area contributed by atoms with E-state index in [1.165, 1.54) is 5.01 Å². The van der Waals surface area contributed by atoms with E-state index in [0.29, 0.717) is 40.8 Å². The second kappa shape index (κ2) is 14.4. The SMILES string of the molecule is Cc1cc(C)n2ccc(C(=O)Nc3ccc(/C(N)=C/N(N)CCOCCOCCC(=O)ON4C(=O)CCC4=O)cc3)c2n1. The number of hydroxylamine groups is 2. The molecule has 2 aromatic heterocycles. The van der Waals surface area contributed by atoms with Gasteiger partial charge in [0.25, 0.3) is 17.7 Å². The first-order chi connectivity index (χ1) is 20.6. The normalized spacial score (nSPS) is 13.6. The molecule has 228 valence electrons. The number of nitrogens with one attached hydrogen (secondary N) is 1. The van der Waals surface area contributed by atoms with Crippen molar-refractivity contribution in [1.29, 1.82) is 0 Å². The van der Waals surface area contributed by atoms with Crippen LogP contribution in [0, 0.1) is 13.8 Å². The molecule has 1 aliphatic heterocycles. The van der Waals surface area contributed by atoms with Gasteiger partial charge in [0, 0.05) is 42.3 Å². The molecule has 0 unspecified atom stereocenters. The summed E-state index contributed by atoms with van der Waals surface area (Å²) in [6.07, 6.45) is 3.39. The summed E-state index contributed by atoms with van der Waals surface area (Å²) in [6, 6.07) is 10.8. The summed E-state index contributed by atoms with van der Waals surface area (Å²) in [6.45, 7) is 5.08. The van der Waals surface area contributed by atoms with Gasteiger partial charge >= 0.3 is 5.97 Å². The third-order valence-electron chi connectivity index (χ3n) is 6.48. The maximum atomic E-state index is 12.9. The number of aromatic nitrogens is 2. The first kappa shape index (κ1) is 31.2. The number of amides is 3. The smallest absolute Gasteiger partial charge is 0.335 e. The molecule has 14 nitrogen and oxygen atoms in total. The Bertz CT molecular complexity index is 1500. The van der Waals surface area contributed by atoms with Gasteiger partial charge in [-0.2, -0.15) is 0 Å². The maximum absolute atomic E-state index is 12.9. The first-order valence-corrected chi connectivity index (χ1v) is 13.7. The van der Waals surface area contributed by atoms with Crippen molar-refractivity contribution in [3.63, 3.8) is 0 Å². The number of carbonyl (C=O) groups excluding carboxylic acids is 4. The second-order valence-corrected chi connectivity index (χ2v) is 9.84. The highest BCUT2D eigenvalue weighted by atomic mass is 16.7. The number of imide groups is 1. The zero-order valence-corrected chi connectivity index (χ0v) is 24.1. The predicted octanol–water partition coefficient (Wildman–Crippen LogP) is 1.67. The van der Waals surface area contributed by atoms with Crippen LogP contribution in [-0.2, 0) is 28.7 Å². The van der Waals surface area contributed by atoms with Gasteiger partial charge in [-0.05, 0) is 43.7 Å². The van der Waals surface area contributed by atoms with Gasteiger partial charge in [0.1, 0.15) is 5.65 Å². The Hall–Kier alpha value is -4.79. The van der Waals surface area contributed by atoms with E-state index in [2.05, 4.69) is 10.3 Å². The third-order valence-corrected chi connectivity index (χ3v) is 6.48. The van der Waals surface area contributed by atoms with E-state index < -0.39 is 17.8 Å². The molecule has 1 fully saturated rings. The predicted molar refractivity (Wildman–Crippen MR) is 156 cm³/mol. The molecule has 0 atom stereocenters. The largest absolute Gasteiger partial charge is 0.397 e. The monoisotopic (exact) mass is 593 g/mol. The lowest BCUT2D eigenvalue weighted by atomic mass is 10.1. The fraction of sp³-hybridized carbons (Fsp3) is 0.345. The maximum Gasteiger partial charge on any atom is 0.335 e. The lowest BCUT2D eigenvalue weighted by Gasteiger charge is -2.15. The molecule has 0 bridgehead atoms. The summed E-state index contributed by atoms with van der Waals surface area (Å²) >= 11 is 0. The molecule has 1 saturated heterocycles. The van der Waals surface area contributed by atoms with Crippen molar-refractivity contribution in [3.05, 3.63) is 71.3 Å². The van der Waals surface area contributed by atoms with Gasteiger partial charge in [-0.3, -0.25) is 14.4 Å². The number of rotatable bonds is 14. The van der Waals surface area contributed by atoms with Gasteiger partial charge in [0.05, 0.1) is 50.7 Å². The van der Waals surface area contributed by atoms with Gasteiger partial charge < -0.3 is 34.8 Å². The zero-order valence-electron chi connectivity index (χ0n) is 24.1. The fourth-order valence-electron chi connectivity index (χ4n) is 4.29. The molecule has 3 heterocycles. The molecular weight excluding hydrogens is 558 g/mol. The Morgan fingerprint density at radius 2 is 1.70 bits per heavy atom. The number of hydrazine groups is 1. The van der Waals surface area contributed by atoms with Gasteiger partial charge in [0.2, 0.25) is 0 Å². The van der Waals surface area contributed by atoms with Crippen molar-refractivity contribution in [2.24, 2.45) is 11.6 Å². The Labute approximate surface area is 248 Å². The summed E-state index contributed by atoms with van der Waals surface area (Å²) < 4.78 is 12.7. The fourth-order valence-corrected chi connectivity index (χ4v) is 4.29. The highest BCUT2D eigenvalue weighted by Crippen LogP contribution is 2.18. The molecule has 0 saturated carbocycles. The van der Waals surface area contributed by atoms with Crippen LogP contribution in [0.5, 0.6) is 0 Å². The Kier molecular flexibility index (Phi) is 10.4. The standard InChI is InChI=1S/C29H35N7O7/c1-19-17-20(2)35-11-9-23(28(35)32-19)29(40)33-22-5-3-21(4-6-22)24(30)18-34(31)12-14-42-16-15-41-13-10-27(39)43-36-25(37)7-8-26(36)38/h3-6,9,11,17-18H,7-8,10,12-16,30-31H2,1-2H3,(H,33,40)/b24-18-. The van der Waals surface area contributed by atoms with Crippen LogP contribution in [-0.4, -0.2) is 76.1 Å². The van der Waals surface area contributed by atoms with Crippen LogP contribution >= 0.6 is 0 Å². The van der Waals surface area contributed by atoms with E-state index in [0.717, 1.165) is 17.0 Å². The van der Waals surface area contributed by atoms with Crippen LogP contribution in [0.2, 0.25) is 0 Å². The van der Waals surface area contributed by atoms with E-state index in [9.17, 15) is 19.2 Å². The van der Waals surface area contributed by atoms with Gasteiger partial charge in [-0.15, -0.1) is 5.06 Å². The van der Waals surface area contributed by atoms with Crippen molar-refractivity contribution in [3.8, 4) is 0 Å². The van der Waals surface area contributed by atoms with Crippen molar-refractivity contribution >= 4 is 40.7 Å². The second-order valence-electron chi connectivity index (χ2n) is 9.84. The topological polar surface area (TPSA) is 184 Å². The van der Waals surface area contributed by atoms with Crippen LogP contribution < -0.4 is 16.9 Å². The van der Waals surface area contributed by atoms with Crippen molar-refractivity contribution in [1.82, 2.24) is 19.5 Å². The molecule has 0 aliphatic carbocycles. The number of carbonyl (C=O) groups is 4. The van der Waals surface area contributed by atoms with Crippen LogP contribution in [0.4, 0.5) is 5.69 Å². The average molecular weight is 594 g/mol. The van der Waals surface area contributed by atoms with Crippen LogP contribution in [0.25, 0.3) is 11.3 Å². The molecule has 0 radical (unpaired) electrons. The summed E-state index contributed by atoms with van der Waals surface area (Å²) in [5.41, 5.74) is 10.9. The Balaban J connectivity index is 1.13. The lowest BCUT2D eigenvalue weighted by molar-refractivity contribution is -0.198. The van der Waals surface area contributed by atoms with Crippen molar-refractivity contribution in [2.45, 2.75) is 33.1 Å². The number of benzene rings is 1. The first-order valence-electron chi connectivity index (χ1n) is 13.7. The molecule has 1 aliphatic rings. The summed E-state index contributed by atoms with van der Waals surface area (Å²) in [4.78, 5) is 56.8. The quantitative estimate of drug-likeness (QED) is 0.107. The number of fused-ring (bicyclic) bond motifs is 1. The van der Waals surface area contributed by atoms with E-state index in [4.69, 9.17) is 25.9 Å². The highest BCUT2D eigenvalue weighted by molar-refractivity contribution is 6.08. The number of hydrogen-bond acceptors (Lipinski definition) is 11. The summed E-state index contributed by atoms with van der Waals surface area (Å²) in [7, 11) is 0. The zero-order chi connectivity index (χ0) is 30.9. The van der Waals surface area contributed by atoms with Crippen molar-refractivity contribution in [2.75, 3.05) is 38.3 Å². The molecule has 3 amide bonds. The molecule has 3 aromatic rings. The number of nitrogens with two attached hydrogens (primary N) is 2. The molecule has 1 aromatic carbocycles. The number of aryl methyl sites for hydroxylation is 2. The van der Waals surface area contributed by atoms with Gasteiger partial charge in [0.15, 0.2) is 0 Å². The minimum absolute atomic E-state index is 0.0441. The molecule has 5 N–H and O–H groups in total. The molecule has 14 heteroatoms. The van der Waals surface area contributed by atoms with E-state index in [1.54, 1.807) is 36.5 Å². The number of nitrogens with zero attached hydrogens (tertiary/aromatic N) is 4. The number of anilines is 1. The van der Waals surface area contributed by atoms with Crippen LogP contribution in [0.15, 0.2) is 48.8 Å². The lowest BCUT2D eigenvalue weighted by Crippen LogP contribution is -2.32. The number of hydrogen-bond donors (Lipinski definition) is 3. The molecular formula is C29H35N7O7. The molecule has 0 spiro atoms. The minimum Gasteiger partial charge on any atom is -0.397 e. The average Bonchev–Trinajstić information content (AvgIpc) is 3.53. The third kappa shape index (κ3) is 8.38. The summed E-state index contributed by atoms with van der Waals surface area (Å²) in [5, 5.41) is 4.80. The Morgan fingerprint density at radius 1 is 1.02 bits per heavy atom. The molecule has 4 rings (SSSR count). The van der Waals surface area contributed by atoms with Crippen LogP contribution in [0.1, 0.15) is 46.6 Å². The highest BCUT2D eigenvalue weighted by Gasteiger charge is 2.32. The van der Waals surface area contributed by atoms with Gasteiger partial charge in [-0.1, -0.05) is 12.1 Å².